The Labute approximate surface area is 202 Å². The molecule has 4 aromatic rings. The van der Waals surface area contributed by atoms with E-state index in [1.165, 1.54) is 6.07 Å². The van der Waals surface area contributed by atoms with E-state index in [2.05, 4.69) is 0 Å². The molecule has 4 aromatic carbocycles. The molecule has 1 atom stereocenters. The number of halogens is 3. The minimum absolute atomic E-state index is 0.122. The number of epoxide rings is 1. The molecule has 5 rings (SSSR count). The molecule has 174 valence electrons. The fraction of sp³-hybridized carbons (Fsp3) is 0.0968. The van der Waals surface area contributed by atoms with Crippen LogP contribution in [0, 0.1) is 17.5 Å². The summed E-state index contributed by atoms with van der Waals surface area (Å²) in [4.78, 5) is 0. The SMILES string of the molecule is C/C=C/c1ccc(-c2ccc(-c3ccc(/C=C/c4ccc(C5CO5)c(F)c4)cc3)c(F)c2F)cc1. The molecule has 0 aromatic heterocycles. The first-order chi connectivity index (χ1) is 17.0. The predicted octanol–water partition coefficient (Wildman–Crippen LogP) is 8.71. The molecule has 1 aliphatic rings. The van der Waals surface area contributed by atoms with E-state index < -0.39 is 11.6 Å². The minimum atomic E-state index is -0.876. The lowest BCUT2D eigenvalue weighted by molar-refractivity contribution is 0.408. The first-order valence-corrected chi connectivity index (χ1v) is 11.4. The van der Waals surface area contributed by atoms with E-state index in [1.807, 2.05) is 61.6 Å². The normalized spacial score (nSPS) is 15.3. The molecule has 1 saturated heterocycles. The molecule has 4 heteroatoms. The largest absolute Gasteiger partial charge is 0.368 e. The Balaban J connectivity index is 1.34. The summed E-state index contributed by atoms with van der Waals surface area (Å²) in [6, 6.07) is 22.7. The molecule has 35 heavy (non-hydrogen) atoms. The Morgan fingerprint density at radius 2 is 1.14 bits per heavy atom. The van der Waals surface area contributed by atoms with E-state index in [0.717, 1.165) is 16.7 Å². The number of ether oxygens (including phenoxy) is 1. The molecule has 1 aliphatic heterocycles. The summed E-state index contributed by atoms with van der Waals surface area (Å²) in [6.07, 6.45) is 7.41. The standard InChI is InChI=1S/C31H23F3O/c1-2-3-20-6-11-23(12-7-20)25-16-17-26(31(34)30(25)33)24-13-8-21(9-14-24)4-5-22-10-15-27(28(32)18-22)29-19-35-29/h2-18,29H,19H2,1H3/b3-2+,5-4+. The predicted molar refractivity (Wildman–Crippen MR) is 136 cm³/mol. The van der Waals surface area contributed by atoms with Crippen molar-refractivity contribution >= 4 is 18.2 Å². The maximum atomic E-state index is 15.0. The number of hydrogen-bond donors (Lipinski definition) is 0. The highest BCUT2D eigenvalue weighted by Gasteiger charge is 2.27. The number of allylic oxidation sites excluding steroid dienone is 1. The lowest BCUT2D eigenvalue weighted by Gasteiger charge is -2.10. The summed E-state index contributed by atoms with van der Waals surface area (Å²) in [6.45, 7) is 2.49. The van der Waals surface area contributed by atoms with Gasteiger partial charge in [-0.3, -0.25) is 0 Å². The van der Waals surface area contributed by atoms with Crippen LogP contribution in [0.1, 0.15) is 35.3 Å². The topological polar surface area (TPSA) is 12.5 Å². The van der Waals surface area contributed by atoms with Gasteiger partial charge >= 0.3 is 0 Å². The second-order valence-electron chi connectivity index (χ2n) is 8.47. The van der Waals surface area contributed by atoms with Crippen LogP contribution in [0.4, 0.5) is 13.2 Å². The lowest BCUT2D eigenvalue weighted by Crippen LogP contribution is -1.94. The zero-order chi connectivity index (χ0) is 24.4. The second kappa shape index (κ2) is 9.77. The first-order valence-electron chi connectivity index (χ1n) is 11.4. The third kappa shape index (κ3) is 4.98. The zero-order valence-electron chi connectivity index (χ0n) is 19.1. The van der Waals surface area contributed by atoms with E-state index in [4.69, 9.17) is 4.74 Å². The highest BCUT2D eigenvalue weighted by molar-refractivity contribution is 5.75. The molecular formula is C31H23F3O. The van der Waals surface area contributed by atoms with Crippen LogP contribution in [0.25, 0.3) is 40.5 Å². The Kier molecular flexibility index (Phi) is 6.39. The van der Waals surface area contributed by atoms with Gasteiger partial charge in [-0.1, -0.05) is 97.1 Å². The van der Waals surface area contributed by atoms with Gasteiger partial charge in [0.25, 0.3) is 0 Å². The number of rotatable bonds is 6. The molecule has 0 saturated carbocycles. The molecule has 1 nitrogen and oxygen atoms in total. The minimum Gasteiger partial charge on any atom is -0.368 e. The lowest BCUT2D eigenvalue weighted by atomic mass is 9.97. The highest BCUT2D eigenvalue weighted by Crippen LogP contribution is 2.33. The molecule has 1 fully saturated rings. The van der Waals surface area contributed by atoms with Gasteiger partial charge in [0.2, 0.25) is 0 Å². The van der Waals surface area contributed by atoms with E-state index in [0.29, 0.717) is 23.3 Å². The Morgan fingerprint density at radius 3 is 1.63 bits per heavy atom. The van der Waals surface area contributed by atoms with Gasteiger partial charge in [0.05, 0.1) is 6.61 Å². The summed E-state index contributed by atoms with van der Waals surface area (Å²) in [5.41, 5.74) is 4.80. The van der Waals surface area contributed by atoms with Gasteiger partial charge in [-0.2, -0.15) is 0 Å². The Morgan fingerprint density at radius 1 is 0.657 bits per heavy atom. The van der Waals surface area contributed by atoms with Crippen LogP contribution in [0.3, 0.4) is 0 Å². The van der Waals surface area contributed by atoms with Crippen molar-refractivity contribution < 1.29 is 17.9 Å². The Hall–Kier alpha value is -3.89. The van der Waals surface area contributed by atoms with E-state index in [1.54, 1.807) is 42.5 Å². The first kappa shape index (κ1) is 22.9. The van der Waals surface area contributed by atoms with E-state index in [9.17, 15) is 13.2 Å². The zero-order valence-corrected chi connectivity index (χ0v) is 19.1. The summed E-state index contributed by atoms with van der Waals surface area (Å²) >= 11 is 0. The van der Waals surface area contributed by atoms with Gasteiger partial charge in [-0.25, -0.2) is 13.2 Å². The number of benzene rings is 4. The molecule has 0 radical (unpaired) electrons. The van der Waals surface area contributed by atoms with Crippen LogP contribution < -0.4 is 0 Å². The van der Waals surface area contributed by atoms with Crippen molar-refractivity contribution in [1.29, 1.82) is 0 Å². The third-order valence-electron chi connectivity index (χ3n) is 6.06. The molecule has 0 N–H and O–H groups in total. The second-order valence-corrected chi connectivity index (χ2v) is 8.47. The summed E-state index contributed by atoms with van der Waals surface area (Å²) in [7, 11) is 0. The van der Waals surface area contributed by atoms with Crippen molar-refractivity contribution in [2.45, 2.75) is 13.0 Å². The van der Waals surface area contributed by atoms with Crippen molar-refractivity contribution in [2.75, 3.05) is 6.61 Å². The van der Waals surface area contributed by atoms with E-state index in [-0.39, 0.29) is 23.0 Å². The van der Waals surface area contributed by atoms with Gasteiger partial charge in [0, 0.05) is 16.7 Å². The van der Waals surface area contributed by atoms with Crippen LogP contribution in [0.2, 0.25) is 0 Å². The van der Waals surface area contributed by atoms with Crippen LogP contribution in [-0.2, 0) is 4.74 Å². The summed E-state index contributed by atoms with van der Waals surface area (Å²) in [5, 5.41) is 0. The van der Waals surface area contributed by atoms with E-state index >= 15 is 0 Å². The van der Waals surface area contributed by atoms with Crippen LogP contribution in [-0.4, -0.2) is 6.61 Å². The molecule has 0 aliphatic carbocycles. The van der Waals surface area contributed by atoms with Gasteiger partial charge in [-0.05, 0) is 40.8 Å². The summed E-state index contributed by atoms with van der Waals surface area (Å²) < 4.78 is 49.3. The monoisotopic (exact) mass is 468 g/mol. The number of hydrogen-bond acceptors (Lipinski definition) is 1. The quantitative estimate of drug-likeness (QED) is 0.204. The molecule has 1 unspecified atom stereocenters. The fourth-order valence-electron chi connectivity index (χ4n) is 4.06. The molecular weight excluding hydrogens is 445 g/mol. The van der Waals surface area contributed by atoms with Crippen LogP contribution in [0.5, 0.6) is 0 Å². The van der Waals surface area contributed by atoms with Gasteiger partial charge < -0.3 is 4.74 Å². The van der Waals surface area contributed by atoms with Crippen molar-refractivity contribution in [3.05, 3.63) is 125 Å². The highest BCUT2D eigenvalue weighted by atomic mass is 19.2. The van der Waals surface area contributed by atoms with Gasteiger partial charge in [0.1, 0.15) is 11.9 Å². The van der Waals surface area contributed by atoms with Crippen LogP contribution in [0.15, 0.2) is 84.9 Å². The average molecular weight is 469 g/mol. The molecule has 1 heterocycles. The fourth-order valence-corrected chi connectivity index (χ4v) is 4.06. The molecule has 0 bridgehead atoms. The summed E-state index contributed by atoms with van der Waals surface area (Å²) in [5.74, 6) is -2.02. The maximum absolute atomic E-state index is 15.0. The average Bonchev–Trinajstić information content (AvgIpc) is 3.71. The van der Waals surface area contributed by atoms with Crippen molar-refractivity contribution in [2.24, 2.45) is 0 Å². The van der Waals surface area contributed by atoms with Gasteiger partial charge in [0.15, 0.2) is 11.6 Å². The van der Waals surface area contributed by atoms with Crippen molar-refractivity contribution in [1.82, 2.24) is 0 Å². The Bertz CT molecular complexity index is 1410. The van der Waals surface area contributed by atoms with Crippen molar-refractivity contribution in [3.63, 3.8) is 0 Å². The maximum Gasteiger partial charge on any atom is 0.167 e. The van der Waals surface area contributed by atoms with Gasteiger partial charge in [-0.15, -0.1) is 0 Å². The van der Waals surface area contributed by atoms with Crippen LogP contribution >= 0.6 is 0 Å². The molecule has 0 amide bonds. The smallest absolute Gasteiger partial charge is 0.167 e. The van der Waals surface area contributed by atoms with Crippen molar-refractivity contribution in [3.8, 4) is 22.3 Å². The third-order valence-corrected chi connectivity index (χ3v) is 6.06. The molecule has 0 spiro atoms.